The SMILES string of the molecule is C.C.C.C.C.C.C.C.[AlH3].[B]=N. The van der Waals surface area contributed by atoms with Crippen molar-refractivity contribution in [2.24, 2.45) is 0 Å². The molecular weight excluding hydrogens is 148 g/mol. The Bertz CT molecular complexity index is 14.1. The van der Waals surface area contributed by atoms with E-state index >= 15 is 0 Å². The maximum absolute atomic E-state index is 5.25. The van der Waals surface area contributed by atoms with Gasteiger partial charge in [-0.2, -0.15) is 0 Å². The Morgan fingerprint density at radius 3 is 0.455 bits per heavy atom. The van der Waals surface area contributed by atoms with Gasteiger partial charge in [0.1, 0.15) is 0 Å². The molecule has 0 atom stereocenters. The summed E-state index contributed by atoms with van der Waals surface area (Å²) in [6, 6.07) is 0. The van der Waals surface area contributed by atoms with Crippen LogP contribution in [0.3, 0.4) is 0 Å². The van der Waals surface area contributed by atoms with Crippen LogP contribution >= 0.6 is 0 Å². The molecule has 0 aromatic rings. The van der Waals surface area contributed by atoms with E-state index in [0.29, 0.717) is 0 Å². The molecule has 3 heteroatoms. The van der Waals surface area contributed by atoms with Gasteiger partial charge in [0.15, 0.2) is 17.4 Å². The topological polar surface area (TPSA) is 23.9 Å². The van der Waals surface area contributed by atoms with E-state index in [9.17, 15) is 0 Å². The monoisotopic (exact) mass is 184 g/mol. The Morgan fingerprint density at radius 1 is 0.455 bits per heavy atom. The minimum atomic E-state index is 0. The zero-order valence-electron chi connectivity index (χ0n) is 1.08. The Balaban J connectivity index is -0.000000000139. The summed E-state index contributed by atoms with van der Waals surface area (Å²) in [7, 11) is 3.75. The van der Waals surface area contributed by atoms with Crippen LogP contribution in [-0.4, -0.2) is 25.0 Å². The fourth-order valence-corrected chi connectivity index (χ4v) is 0. The first-order valence-corrected chi connectivity index (χ1v) is 0.289. The summed E-state index contributed by atoms with van der Waals surface area (Å²) in [5.74, 6) is 0. The van der Waals surface area contributed by atoms with Crippen LogP contribution in [0.15, 0.2) is 0 Å². The molecule has 1 N–H and O–H groups in total. The van der Waals surface area contributed by atoms with Gasteiger partial charge in [-0.05, 0) is 0 Å². The third kappa shape index (κ3) is 4640. The van der Waals surface area contributed by atoms with Gasteiger partial charge in [0.25, 0.3) is 0 Å². The van der Waals surface area contributed by atoms with E-state index < -0.39 is 0 Å². The van der Waals surface area contributed by atoms with Crippen molar-refractivity contribution in [1.82, 2.24) is 0 Å². The summed E-state index contributed by atoms with van der Waals surface area (Å²) < 4.78 is 0. The van der Waals surface area contributed by atoms with Gasteiger partial charge in [0.2, 0.25) is 0 Å². The fourth-order valence-electron chi connectivity index (χ4n) is 0. The van der Waals surface area contributed by atoms with Crippen LogP contribution in [-0.2, 0) is 0 Å². The molecule has 0 saturated carbocycles. The molecule has 0 unspecified atom stereocenters. The van der Waals surface area contributed by atoms with E-state index in [2.05, 4.69) is 7.64 Å². The molecule has 0 saturated heterocycles. The molecule has 0 rings (SSSR count). The Kier molecular flexibility index (Phi) is 334000. The van der Waals surface area contributed by atoms with Crippen molar-refractivity contribution in [3.8, 4) is 0 Å². The Labute approximate surface area is 90.1 Å². The van der Waals surface area contributed by atoms with Gasteiger partial charge < -0.3 is 0 Å². The zero-order chi connectivity index (χ0) is 2.00. The van der Waals surface area contributed by atoms with Gasteiger partial charge in [-0.25, -0.2) is 0 Å². The molecule has 0 bridgehead atoms. The molecule has 0 amide bonds. The first kappa shape index (κ1) is 631. The van der Waals surface area contributed by atoms with Gasteiger partial charge in [-0.3, -0.25) is 0 Å². The molecule has 1 radical (unpaired) electrons. The number of rotatable bonds is 0. The minimum absolute atomic E-state index is 0. The first-order valence-electron chi connectivity index (χ1n) is 0.289. The first-order chi connectivity index (χ1) is 1.00. The van der Waals surface area contributed by atoms with Gasteiger partial charge in [0.05, 0.1) is 0 Å². The van der Waals surface area contributed by atoms with Crippen molar-refractivity contribution in [2.45, 2.75) is 59.4 Å². The average molecular weight is 184 g/mol. The summed E-state index contributed by atoms with van der Waals surface area (Å²) in [6.45, 7) is 0. The van der Waals surface area contributed by atoms with Crippen molar-refractivity contribution in [3.05, 3.63) is 0 Å². The summed E-state index contributed by atoms with van der Waals surface area (Å²) in [5, 5.41) is 5.25. The van der Waals surface area contributed by atoms with E-state index in [1.807, 2.05) is 0 Å². The number of hydrogen-bond acceptors (Lipinski definition) is 1. The van der Waals surface area contributed by atoms with Crippen LogP contribution in [0.2, 0.25) is 0 Å². The van der Waals surface area contributed by atoms with E-state index in [4.69, 9.17) is 5.31 Å². The summed E-state index contributed by atoms with van der Waals surface area (Å²) >= 11 is 0. The predicted octanol–water partition coefficient (Wildman–Crippen LogP) is 3.82. The summed E-state index contributed by atoms with van der Waals surface area (Å²) in [6.07, 6.45) is 0. The number of nitrogens with one attached hydrogen (secondary N) is 1. The summed E-state index contributed by atoms with van der Waals surface area (Å²) in [5.41, 5.74) is 0. The van der Waals surface area contributed by atoms with Gasteiger partial charge in [0, 0.05) is 0 Å². The van der Waals surface area contributed by atoms with Crippen LogP contribution < -0.4 is 0 Å². The molecule has 0 aromatic heterocycles. The van der Waals surface area contributed by atoms with Crippen LogP contribution in [0, 0.1) is 5.31 Å². The normalized spacial score (nSPS) is 0.273. The van der Waals surface area contributed by atoms with E-state index in [0.717, 1.165) is 0 Å². The van der Waals surface area contributed by atoms with Crippen molar-refractivity contribution in [3.63, 3.8) is 0 Å². The molecule has 11 heavy (non-hydrogen) atoms. The second kappa shape index (κ2) is 5810. The van der Waals surface area contributed by atoms with Crippen molar-refractivity contribution < 1.29 is 0 Å². The molecule has 0 aromatic carbocycles. The molecule has 0 aliphatic heterocycles. The fraction of sp³-hybridized carbons (Fsp3) is 1.00. The molecule has 0 heterocycles. The zero-order valence-corrected chi connectivity index (χ0v) is 1.08. The molecule has 79 valence electrons. The molecule has 0 aliphatic carbocycles. The Morgan fingerprint density at radius 2 is 0.455 bits per heavy atom. The van der Waals surface area contributed by atoms with Crippen LogP contribution in [0.1, 0.15) is 59.4 Å². The molecule has 0 aliphatic rings. The third-order valence-electron chi connectivity index (χ3n) is 0. The molecule has 1 nitrogen and oxygen atoms in total. The van der Waals surface area contributed by atoms with Gasteiger partial charge in [-0.1, -0.05) is 59.4 Å². The Hall–Kier alpha value is 0.397. The van der Waals surface area contributed by atoms with E-state index in [1.165, 1.54) is 0 Å². The standard InChI is InChI=1S/8CH4.Al.BHN.3H/c;;;;;;;;;1-2;;;/h8*1H4;;2H;;;. The second-order valence-corrected chi connectivity index (χ2v) is 0. The number of hydrogen-bond donors (Lipinski definition) is 1. The van der Waals surface area contributed by atoms with E-state index in [1.54, 1.807) is 0 Å². The maximum atomic E-state index is 5.25. The van der Waals surface area contributed by atoms with Crippen LogP contribution in [0.25, 0.3) is 0 Å². The average Bonchev–Trinajstić information content (AvgIpc) is 1.00. The van der Waals surface area contributed by atoms with Crippen LogP contribution in [0.4, 0.5) is 0 Å². The third-order valence-corrected chi connectivity index (χ3v) is 0. The van der Waals surface area contributed by atoms with Gasteiger partial charge >= 0.3 is 13.0 Å². The predicted molar refractivity (Wildman–Crippen MR) is 72.3 cm³/mol. The molecule has 0 spiro atoms. The quantitative estimate of drug-likeness (QED) is 0.553. The molecular formula is C8H36AlBN. The van der Waals surface area contributed by atoms with Crippen molar-refractivity contribution >= 4 is 25.0 Å². The van der Waals surface area contributed by atoms with Crippen molar-refractivity contribution in [2.75, 3.05) is 0 Å². The van der Waals surface area contributed by atoms with Crippen molar-refractivity contribution in [1.29, 1.82) is 5.31 Å². The van der Waals surface area contributed by atoms with Crippen LogP contribution in [0.5, 0.6) is 0 Å². The van der Waals surface area contributed by atoms with E-state index in [-0.39, 0.29) is 76.8 Å². The summed E-state index contributed by atoms with van der Waals surface area (Å²) in [4.78, 5) is 0. The molecule has 0 fully saturated rings. The van der Waals surface area contributed by atoms with Gasteiger partial charge in [-0.15, -0.1) is 0 Å². The second-order valence-electron chi connectivity index (χ2n) is 0.